The second kappa shape index (κ2) is 6.16. The molecule has 0 bridgehead atoms. The zero-order valence-corrected chi connectivity index (χ0v) is 12.9. The van der Waals surface area contributed by atoms with E-state index in [1.807, 2.05) is 11.3 Å². The third-order valence-electron chi connectivity index (χ3n) is 3.52. The van der Waals surface area contributed by atoms with Crippen LogP contribution in [-0.4, -0.2) is 18.1 Å². The van der Waals surface area contributed by atoms with E-state index in [1.54, 1.807) is 0 Å². The van der Waals surface area contributed by atoms with Gasteiger partial charge in [0.25, 0.3) is 0 Å². The Hall–Kier alpha value is -0.410. The molecule has 2 rings (SSSR count). The van der Waals surface area contributed by atoms with Crippen molar-refractivity contribution in [3.05, 3.63) is 15.6 Å². The van der Waals surface area contributed by atoms with Crippen molar-refractivity contribution in [2.45, 2.75) is 58.8 Å². The van der Waals surface area contributed by atoms with E-state index >= 15 is 0 Å². The molecule has 1 N–H and O–H groups in total. The molecule has 0 spiro atoms. The standard InChI is InChI=1S/C15H26N2S/c1-10(2)8-13-14(11(3)4)18-15(17-13)12-6-5-7-16-9-12/h10-12,16H,5-9H2,1-4H3. The van der Waals surface area contributed by atoms with E-state index in [0.29, 0.717) is 17.8 Å². The predicted octanol–water partition coefficient (Wildman–Crippen LogP) is 3.93. The molecular weight excluding hydrogens is 240 g/mol. The molecule has 0 aliphatic carbocycles. The fourth-order valence-corrected chi connectivity index (χ4v) is 3.84. The van der Waals surface area contributed by atoms with Crippen LogP contribution in [0.3, 0.4) is 0 Å². The van der Waals surface area contributed by atoms with Crippen LogP contribution >= 0.6 is 11.3 Å². The fraction of sp³-hybridized carbons (Fsp3) is 0.800. The van der Waals surface area contributed by atoms with E-state index in [2.05, 4.69) is 33.0 Å². The molecule has 0 saturated carbocycles. The largest absolute Gasteiger partial charge is 0.316 e. The van der Waals surface area contributed by atoms with Crippen LogP contribution in [0.25, 0.3) is 0 Å². The van der Waals surface area contributed by atoms with E-state index < -0.39 is 0 Å². The van der Waals surface area contributed by atoms with E-state index in [4.69, 9.17) is 4.98 Å². The van der Waals surface area contributed by atoms with Gasteiger partial charge in [0.1, 0.15) is 0 Å². The van der Waals surface area contributed by atoms with Gasteiger partial charge in [-0.1, -0.05) is 27.7 Å². The monoisotopic (exact) mass is 266 g/mol. The summed E-state index contributed by atoms with van der Waals surface area (Å²) in [7, 11) is 0. The van der Waals surface area contributed by atoms with Gasteiger partial charge in [0.2, 0.25) is 0 Å². The number of thiazole rings is 1. The molecule has 3 heteroatoms. The lowest BCUT2D eigenvalue weighted by Gasteiger charge is -2.20. The van der Waals surface area contributed by atoms with Crippen molar-refractivity contribution in [1.29, 1.82) is 0 Å². The minimum Gasteiger partial charge on any atom is -0.316 e. The smallest absolute Gasteiger partial charge is 0.0974 e. The zero-order chi connectivity index (χ0) is 13.1. The van der Waals surface area contributed by atoms with Gasteiger partial charge in [0.15, 0.2) is 0 Å². The Balaban J connectivity index is 2.20. The van der Waals surface area contributed by atoms with Gasteiger partial charge in [0, 0.05) is 17.3 Å². The minimum absolute atomic E-state index is 0.613. The molecule has 18 heavy (non-hydrogen) atoms. The Morgan fingerprint density at radius 2 is 2.11 bits per heavy atom. The van der Waals surface area contributed by atoms with Gasteiger partial charge < -0.3 is 5.32 Å². The van der Waals surface area contributed by atoms with Gasteiger partial charge in [0.05, 0.1) is 10.7 Å². The highest BCUT2D eigenvalue weighted by Crippen LogP contribution is 2.34. The lowest BCUT2D eigenvalue weighted by atomic mass is 10.00. The molecule has 1 saturated heterocycles. The van der Waals surface area contributed by atoms with Crippen molar-refractivity contribution in [3.63, 3.8) is 0 Å². The first-order chi connectivity index (χ1) is 8.58. The summed E-state index contributed by atoms with van der Waals surface area (Å²) in [6, 6.07) is 0. The van der Waals surface area contributed by atoms with Crippen molar-refractivity contribution in [3.8, 4) is 0 Å². The molecule has 2 heterocycles. The topological polar surface area (TPSA) is 24.9 Å². The van der Waals surface area contributed by atoms with Gasteiger partial charge >= 0.3 is 0 Å². The normalized spacial score (nSPS) is 20.9. The van der Waals surface area contributed by atoms with E-state index in [9.17, 15) is 0 Å². The molecule has 2 nitrogen and oxygen atoms in total. The summed E-state index contributed by atoms with van der Waals surface area (Å²) in [6.07, 6.45) is 3.73. The number of nitrogens with one attached hydrogen (secondary N) is 1. The summed E-state index contributed by atoms with van der Waals surface area (Å²) < 4.78 is 0. The Bertz CT molecular complexity index is 376. The summed E-state index contributed by atoms with van der Waals surface area (Å²) in [4.78, 5) is 6.49. The second-order valence-corrected chi connectivity index (χ2v) is 7.22. The highest BCUT2D eigenvalue weighted by Gasteiger charge is 2.22. The number of rotatable bonds is 4. The first-order valence-corrected chi connectivity index (χ1v) is 8.09. The van der Waals surface area contributed by atoms with Crippen LogP contribution in [-0.2, 0) is 6.42 Å². The minimum atomic E-state index is 0.613. The Labute approximate surface area is 115 Å². The quantitative estimate of drug-likeness (QED) is 0.893. The predicted molar refractivity (Wildman–Crippen MR) is 79.6 cm³/mol. The van der Waals surface area contributed by atoms with Crippen molar-refractivity contribution < 1.29 is 0 Å². The van der Waals surface area contributed by atoms with Crippen LogP contribution in [0.5, 0.6) is 0 Å². The maximum Gasteiger partial charge on any atom is 0.0974 e. The summed E-state index contributed by atoms with van der Waals surface area (Å²) in [5.74, 6) is 1.96. The molecule has 1 unspecified atom stereocenters. The Morgan fingerprint density at radius 3 is 2.67 bits per heavy atom. The molecule has 1 aliphatic rings. The van der Waals surface area contributed by atoms with Gasteiger partial charge in [-0.05, 0) is 37.6 Å². The average molecular weight is 266 g/mol. The first kappa shape index (κ1) is 14.0. The molecule has 0 amide bonds. The lowest BCUT2D eigenvalue weighted by molar-refractivity contribution is 0.459. The van der Waals surface area contributed by atoms with Crippen LogP contribution in [0.2, 0.25) is 0 Å². The maximum atomic E-state index is 4.97. The van der Waals surface area contributed by atoms with Gasteiger partial charge in [-0.2, -0.15) is 0 Å². The van der Waals surface area contributed by atoms with Crippen LogP contribution in [0.15, 0.2) is 0 Å². The van der Waals surface area contributed by atoms with Crippen LogP contribution < -0.4 is 5.32 Å². The first-order valence-electron chi connectivity index (χ1n) is 7.28. The summed E-state index contributed by atoms with van der Waals surface area (Å²) in [5.41, 5.74) is 1.37. The van der Waals surface area contributed by atoms with E-state index in [-0.39, 0.29) is 0 Å². The molecule has 1 atom stereocenters. The van der Waals surface area contributed by atoms with Gasteiger partial charge in [-0.3, -0.25) is 0 Å². The third-order valence-corrected chi connectivity index (χ3v) is 5.08. The summed E-state index contributed by atoms with van der Waals surface area (Å²) in [6.45, 7) is 11.4. The molecule has 102 valence electrons. The summed E-state index contributed by atoms with van der Waals surface area (Å²) in [5, 5.41) is 4.88. The lowest BCUT2D eigenvalue weighted by Crippen LogP contribution is -2.28. The fourth-order valence-electron chi connectivity index (χ4n) is 2.60. The highest BCUT2D eigenvalue weighted by atomic mass is 32.1. The molecule has 1 fully saturated rings. The molecule has 1 aromatic rings. The van der Waals surface area contributed by atoms with Crippen molar-refractivity contribution in [1.82, 2.24) is 10.3 Å². The van der Waals surface area contributed by atoms with Gasteiger partial charge in [-0.25, -0.2) is 4.98 Å². The average Bonchev–Trinajstić information content (AvgIpc) is 2.73. The molecule has 1 aromatic heterocycles. The molecular formula is C15H26N2S. The van der Waals surface area contributed by atoms with Gasteiger partial charge in [-0.15, -0.1) is 11.3 Å². The van der Waals surface area contributed by atoms with E-state index in [0.717, 1.165) is 13.0 Å². The number of hydrogen-bond acceptors (Lipinski definition) is 3. The third kappa shape index (κ3) is 3.33. The number of nitrogens with zero attached hydrogens (tertiary/aromatic N) is 1. The SMILES string of the molecule is CC(C)Cc1nc(C2CCCNC2)sc1C(C)C. The van der Waals surface area contributed by atoms with Crippen molar-refractivity contribution in [2.24, 2.45) is 5.92 Å². The molecule has 0 aromatic carbocycles. The van der Waals surface area contributed by atoms with E-state index in [1.165, 1.54) is 35.0 Å². The highest BCUT2D eigenvalue weighted by molar-refractivity contribution is 7.12. The zero-order valence-electron chi connectivity index (χ0n) is 12.1. The van der Waals surface area contributed by atoms with Crippen molar-refractivity contribution >= 4 is 11.3 Å². The van der Waals surface area contributed by atoms with Crippen LogP contribution in [0, 0.1) is 5.92 Å². The Morgan fingerprint density at radius 1 is 1.33 bits per heavy atom. The number of aromatic nitrogens is 1. The van der Waals surface area contributed by atoms with Crippen LogP contribution in [0.1, 0.15) is 68.0 Å². The van der Waals surface area contributed by atoms with Crippen LogP contribution in [0.4, 0.5) is 0 Å². The maximum absolute atomic E-state index is 4.97. The Kier molecular flexibility index (Phi) is 4.79. The number of piperidine rings is 1. The molecule has 0 radical (unpaired) electrons. The summed E-state index contributed by atoms with van der Waals surface area (Å²) >= 11 is 1.96. The van der Waals surface area contributed by atoms with Crippen molar-refractivity contribution in [2.75, 3.05) is 13.1 Å². The second-order valence-electron chi connectivity index (χ2n) is 6.16. The molecule has 1 aliphatic heterocycles. The number of hydrogen-bond donors (Lipinski definition) is 1.